The van der Waals surface area contributed by atoms with Gasteiger partial charge >= 0.3 is 0 Å². The van der Waals surface area contributed by atoms with Crippen LogP contribution in [-0.2, 0) is 10.8 Å². The quantitative estimate of drug-likeness (QED) is 0.0826. The van der Waals surface area contributed by atoms with Crippen molar-refractivity contribution in [2.75, 3.05) is 0 Å². The number of phenolic OH excluding ortho intramolecular Hbond substituents is 6. The Bertz CT molecular complexity index is 2150. The third kappa shape index (κ3) is 10.4. The Morgan fingerprint density at radius 2 is 0.544 bits per heavy atom. The molecule has 0 bridgehead atoms. The zero-order valence-electron chi connectivity index (χ0n) is 32.8. The summed E-state index contributed by atoms with van der Waals surface area (Å²) in [5.74, 6) is 1.77. The van der Waals surface area contributed by atoms with Crippen molar-refractivity contribution >= 4 is 0 Å². The molecule has 0 aliphatic carbocycles. The topological polar surface area (TPSA) is 121 Å². The summed E-state index contributed by atoms with van der Waals surface area (Å²) in [5.41, 5.74) is 9.42. The molecule has 6 N–H and O–H groups in total. The van der Waals surface area contributed by atoms with Crippen molar-refractivity contribution in [3.8, 4) is 67.9 Å². The number of benzene rings is 7. The summed E-state index contributed by atoms with van der Waals surface area (Å²) in [6.07, 6.45) is 1.84. The van der Waals surface area contributed by atoms with Crippen molar-refractivity contribution in [3.05, 3.63) is 180 Å². The van der Waals surface area contributed by atoms with Gasteiger partial charge < -0.3 is 30.6 Å². The van der Waals surface area contributed by atoms with Gasteiger partial charge in [0.15, 0.2) is 0 Å². The van der Waals surface area contributed by atoms with E-state index in [-0.39, 0.29) is 51.2 Å². The predicted octanol–water partition coefficient (Wildman–Crippen LogP) is 12.4. The first-order valence-corrected chi connectivity index (χ1v) is 19.1. The molecule has 0 saturated carbocycles. The minimum Gasteiger partial charge on any atom is -0.508 e. The summed E-state index contributed by atoms with van der Waals surface area (Å²) in [5, 5.41) is 57.8. The first-order valence-electron chi connectivity index (χ1n) is 19.1. The lowest BCUT2D eigenvalue weighted by molar-refractivity contribution is 0.349. The normalized spacial score (nSPS) is 11.5. The van der Waals surface area contributed by atoms with Gasteiger partial charge in [-0.25, -0.2) is 0 Å². The van der Waals surface area contributed by atoms with Crippen molar-refractivity contribution in [2.24, 2.45) is 0 Å². The molecule has 0 amide bonds. The van der Waals surface area contributed by atoms with E-state index in [1.165, 1.54) is 16.7 Å². The van der Waals surface area contributed by atoms with E-state index < -0.39 is 0 Å². The predicted molar refractivity (Wildman–Crippen MR) is 230 cm³/mol. The maximum Gasteiger partial charge on any atom is 0.115 e. The van der Waals surface area contributed by atoms with Crippen molar-refractivity contribution in [3.63, 3.8) is 0 Å². The molecule has 57 heavy (non-hydrogen) atoms. The molecule has 0 saturated heterocycles. The van der Waals surface area contributed by atoms with Gasteiger partial charge in [0.05, 0.1) is 0 Å². The maximum atomic E-state index is 9.76. The summed E-state index contributed by atoms with van der Waals surface area (Å²) < 4.78 is 0. The Hall–Kier alpha value is -6.66. The number of hydrogen-bond donors (Lipinski definition) is 6. The van der Waals surface area contributed by atoms with E-state index in [1.807, 2.05) is 72.8 Å². The molecule has 7 aromatic rings. The van der Waals surface area contributed by atoms with Gasteiger partial charge in [0.2, 0.25) is 0 Å². The van der Waals surface area contributed by atoms with Crippen LogP contribution in [0.4, 0.5) is 0 Å². The molecule has 0 radical (unpaired) electrons. The Balaban J connectivity index is 0.000000194. The molecule has 7 rings (SSSR count). The van der Waals surface area contributed by atoms with Gasteiger partial charge in [-0.3, -0.25) is 0 Å². The van der Waals surface area contributed by atoms with Crippen molar-refractivity contribution in [1.29, 1.82) is 0 Å². The maximum absolute atomic E-state index is 9.76. The molecule has 0 aliphatic rings. The van der Waals surface area contributed by atoms with Gasteiger partial charge in [-0.05, 0) is 171 Å². The fourth-order valence-electron chi connectivity index (χ4n) is 7.44. The first kappa shape index (κ1) is 40.0. The SMILES string of the molecule is CC(C)(CC(CC(C)(C)c1ccc(O)cc1)c1ccc(O)cc1)c1ccc(O)cc1.Oc1ccc(-c2cc(-c3ccc(O)cc3)cc(-c3ccc(O)cc3)c2)cc1. The molecular formula is C51H50O6. The molecule has 7 aromatic carbocycles. The Morgan fingerprint density at radius 1 is 0.316 bits per heavy atom. The minimum atomic E-state index is -0.0959. The average molecular weight is 759 g/mol. The standard InChI is InChI=1S/C27H32O3.C24H18O3/c1-26(2,21-7-13-24(29)14-8-21)17-20(19-5-11-23(28)12-6-19)18-27(3,4)22-9-15-25(30)16-10-22;25-22-7-1-16(2-8-22)19-13-20(17-3-9-23(26)10-4-17)15-21(14-19)18-5-11-24(27)12-6-18/h5-16,20,28-30H,17-18H2,1-4H3;1-15,25-27H. The molecule has 0 unspecified atom stereocenters. The summed E-state index contributed by atoms with van der Waals surface area (Å²) in [6, 6.07) is 50.0. The summed E-state index contributed by atoms with van der Waals surface area (Å²) in [6.45, 7) is 8.95. The van der Waals surface area contributed by atoms with Gasteiger partial charge in [0.25, 0.3) is 0 Å². The van der Waals surface area contributed by atoms with E-state index in [1.54, 1.807) is 72.8 Å². The molecule has 0 spiro atoms. The van der Waals surface area contributed by atoms with Gasteiger partial charge in [0.1, 0.15) is 34.5 Å². The van der Waals surface area contributed by atoms with E-state index in [9.17, 15) is 30.6 Å². The van der Waals surface area contributed by atoms with Crippen LogP contribution in [0.15, 0.2) is 164 Å². The van der Waals surface area contributed by atoms with Crippen LogP contribution >= 0.6 is 0 Å². The number of hydrogen-bond acceptors (Lipinski definition) is 6. The molecular weight excluding hydrogens is 709 g/mol. The molecule has 0 heterocycles. The molecule has 0 aromatic heterocycles. The van der Waals surface area contributed by atoms with Crippen molar-refractivity contribution < 1.29 is 30.6 Å². The molecule has 0 atom stereocenters. The van der Waals surface area contributed by atoms with Crippen molar-refractivity contribution in [2.45, 2.75) is 57.3 Å². The molecule has 6 heteroatoms. The Kier molecular flexibility index (Phi) is 11.9. The molecule has 0 fully saturated rings. The summed E-state index contributed by atoms with van der Waals surface area (Å²) in [4.78, 5) is 0. The molecule has 6 nitrogen and oxygen atoms in total. The van der Waals surface area contributed by atoms with Crippen LogP contribution in [0.25, 0.3) is 33.4 Å². The van der Waals surface area contributed by atoms with Crippen LogP contribution in [0.2, 0.25) is 0 Å². The van der Waals surface area contributed by atoms with E-state index >= 15 is 0 Å². The fourth-order valence-corrected chi connectivity index (χ4v) is 7.44. The number of rotatable bonds is 10. The smallest absolute Gasteiger partial charge is 0.115 e. The zero-order valence-corrected chi connectivity index (χ0v) is 32.8. The zero-order chi connectivity index (χ0) is 40.7. The lowest BCUT2D eigenvalue weighted by Gasteiger charge is -2.36. The fraction of sp³-hybridized carbons (Fsp3) is 0.176. The van der Waals surface area contributed by atoms with E-state index in [0.29, 0.717) is 0 Å². The van der Waals surface area contributed by atoms with E-state index in [2.05, 4.69) is 45.9 Å². The van der Waals surface area contributed by atoms with Crippen LogP contribution in [0.5, 0.6) is 34.5 Å². The minimum absolute atomic E-state index is 0.0959. The lowest BCUT2D eigenvalue weighted by Crippen LogP contribution is -2.26. The van der Waals surface area contributed by atoms with Crippen LogP contribution in [0.1, 0.15) is 63.1 Å². The average Bonchev–Trinajstić information content (AvgIpc) is 3.19. The first-order chi connectivity index (χ1) is 27.1. The van der Waals surface area contributed by atoms with Crippen LogP contribution in [0, 0.1) is 0 Å². The number of phenols is 6. The second-order valence-electron chi connectivity index (χ2n) is 16.0. The highest BCUT2D eigenvalue weighted by Gasteiger charge is 2.32. The molecule has 0 aliphatic heterocycles. The lowest BCUT2D eigenvalue weighted by atomic mass is 9.68. The second kappa shape index (κ2) is 17.0. The summed E-state index contributed by atoms with van der Waals surface area (Å²) in [7, 11) is 0. The highest BCUT2D eigenvalue weighted by molar-refractivity contribution is 5.81. The number of aromatic hydroxyl groups is 6. The largest absolute Gasteiger partial charge is 0.508 e. The molecule has 290 valence electrons. The van der Waals surface area contributed by atoms with Gasteiger partial charge in [-0.15, -0.1) is 0 Å². The van der Waals surface area contributed by atoms with Gasteiger partial charge in [0, 0.05) is 0 Å². The van der Waals surface area contributed by atoms with Gasteiger partial charge in [-0.1, -0.05) is 100 Å². The van der Waals surface area contributed by atoms with Crippen LogP contribution < -0.4 is 0 Å². The Morgan fingerprint density at radius 3 is 0.807 bits per heavy atom. The second-order valence-corrected chi connectivity index (χ2v) is 16.0. The Labute approximate surface area is 335 Å². The van der Waals surface area contributed by atoms with Crippen molar-refractivity contribution in [1.82, 2.24) is 0 Å². The highest BCUT2D eigenvalue weighted by atomic mass is 16.3. The van der Waals surface area contributed by atoms with Crippen LogP contribution in [0.3, 0.4) is 0 Å². The monoisotopic (exact) mass is 758 g/mol. The third-order valence-corrected chi connectivity index (χ3v) is 10.7. The van der Waals surface area contributed by atoms with E-state index in [0.717, 1.165) is 46.2 Å². The van der Waals surface area contributed by atoms with Crippen LogP contribution in [-0.4, -0.2) is 30.6 Å². The van der Waals surface area contributed by atoms with Gasteiger partial charge in [-0.2, -0.15) is 0 Å². The third-order valence-electron chi connectivity index (χ3n) is 10.7. The highest BCUT2D eigenvalue weighted by Crippen LogP contribution is 2.43. The van der Waals surface area contributed by atoms with E-state index in [4.69, 9.17) is 0 Å². The summed E-state index contributed by atoms with van der Waals surface area (Å²) >= 11 is 0.